The van der Waals surface area contributed by atoms with Gasteiger partial charge in [0.25, 0.3) is 5.91 Å². The van der Waals surface area contributed by atoms with Gasteiger partial charge in [-0.3, -0.25) is 9.69 Å². The van der Waals surface area contributed by atoms with E-state index in [2.05, 4.69) is 19.1 Å². The molecule has 24 heavy (non-hydrogen) atoms. The number of ether oxygens (including phenoxy) is 1. The molecule has 0 saturated carbocycles. The average Bonchev–Trinajstić information content (AvgIpc) is 3.23. The van der Waals surface area contributed by atoms with Gasteiger partial charge in [-0.05, 0) is 30.3 Å². The first kappa shape index (κ1) is 16.5. The van der Waals surface area contributed by atoms with E-state index in [1.807, 2.05) is 18.2 Å². The van der Waals surface area contributed by atoms with Gasteiger partial charge in [-0.15, -0.1) is 0 Å². The number of amides is 1. The van der Waals surface area contributed by atoms with Gasteiger partial charge in [-0.2, -0.15) is 0 Å². The number of carbonyl (C=O) groups excluding carboxylic acids is 1. The molecule has 3 rings (SSSR count). The molecule has 3 aromatic rings. The number of methoxy groups -OCH3 is 1. The van der Waals surface area contributed by atoms with Crippen LogP contribution in [0.25, 0.3) is 10.2 Å². The molecule has 126 valence electrons. The summed E-state index contributed by atoms with van der Waals surface area (Å²) in [5, 5.41) is 0.668. The Morgan fingerprint density at radius 2 is 2.21 bits per heavy atom. The summed E-state index contributed by atoms with van der Waals surface area (Å²) in [4.78, 5) is 20.3. The van der Waals surface area contributed by atoms with Crippen molar-refractivity contribution in [2.24, 2.45) is 0 Å². The summed E-state index contributed by atoms with van der Waals surface area (Å²) in [5.74, 6) is 0.923. The average molecular weight is 346 g/mol. The normalized spacial score (nSPS) is 11.2. The van der Waals surface area contributed by atoms with E-state index >= 15 is 0 Å². The first-order chi connectivity index (χ1) is 11.6. The summed E-state index contributed by atoms with van der Waals surface area (Å²) in [6, 6.07) is 9.10. The van der Waals surface area contributed by atoms with Crippen LogP contribution in [0.1, 0.15) is 10.6 Å². The molecule has 2 aromatic heterocycles. The topological polar surface area (TPSA) is 60.0 Å². The lowest BCUT2D eigenvalue weighted by atomic mass is 10.3. The highest BCUT2D eigenvalue weighted by atomic mass is 32.1. The zero-order valence-electron chi connectivity index (χ0n) is 13.9. The van der Waals surface area contributed by atoms with Crippen molar-refractivity contribution in [3.8, 4) is 5.75 Å². The van der Waals surface area contributed by atoms with Crippen LogP contribution < -0.4 is 14.5 Å². The minimum atomic E-state index is -0.174. The number of nitrogens with zero attached hydrogens (tertiary/aromatic N) is 2. The number of nitrogens with one attached hydrogen (secondary N) is 1. The molecule has 2 heterocycles. The van der Waals surface area contributed by atoms with Crippen LogP contribution >= 0.6 is 11.3 Å². The number of hydrogen-bond donors (Lipinski definition) is 1. The maximum atomic E-state index is 12.8. The van der Waals surface area contributed by atoms with Crippen LogP contribution in [-0.2, 0) is 0 Å². The van der Waals surface area contributed by atoms with E-state index < -0.39 is 0 Å². The van der Waals surface area contributed by atoms with Crippen LogP contribution in [0.2, 0.25) is 0 Å². The quantitative estimate of drug-likeness (QED) is 0.738. The van der Waals surface area contributed by atoms with Gasteiger partial charge in [0.15, 0.2) is 10.9 Å². The summed E-state index contributed by atoms with van der Waals surface area (Å²) in [6.07, 6.45) is 1.51. The molecule has 0 aliphatic rings. The zero-order chi connectivity index (χ0) is 17.1. The van der Waals surface area contributed by atoms with E-state index in [0.717, 1.165) is 22.5 Å². The molecule has 0 fully saturated rings. The third-order valence-electron chi connectivity index (χ3n) is 3.63. The highest BCUT2D eigenvalue weighted by Crippen LogP contribution is 2.32. The predicted octanol–water partition coefficient (Wildman–Crippen LogP) is 1.69. The second-order valence-electron chi connectivity index (χ2n) is 5.72. The van der Waals surface area contributed by atoms with E-state index in [4.69, 9.17) is 9.15 Å². The molecular formula is C17H20N3O3S+. The number of rotatable bonds is 6. The SMILES string of the molecule is COc1ccc2nc(N(CC[NH+](C)C)C(=O)c3ccco3)sc2c1. The standard InChI is InChI=1S/C17H19N3O3S/c1-19(2)8-9-20(16(21)14-5-4-10-23-14)17-18-13-7-6-12(22-3)11-15(13)24-17/h4-7,10-11H,8-9H2,1-3H3/p+1. The number of fused-ring (bicyclic) bond motifs is 1. The summed E-state index contributed by atoms with van der Waals surface area (Å²) >= 11 is 1.48. The summed E-state index contributed by atoms with van der Waals surface area (Å²) in [5.41, 5.74) is 0.852. The van der Waals surface area contributed by atoms with E-state index in [1.165, 1.54) is 22.5 Å². The molecule has 0 aliphatic carbocycles. The predicted molar refractivity (Wildman–Crippen MR) is 94.2 cm³/mol. The van der Waals surface area contributed by atoms with Crippen LogP contribution in [-0.4, -0.2) is 45.2 Å². The fourth-order valence-electron chi connectivity index (χ4n) is 2.29. The van der Waals surface area contributed by atoms with E-state index in [9.17, 15) is 4.79 Å². The smallest absolute Gasteiger partial charge is 0.295 e. The summed E-state index contributed by atoms with van der Waals surface area (Å²) < 4.78 is 11.5. The Bertz CT molecular complexity index is 827. The van der Waals surface area contributed by atoms with Crippen molar-refractivity contribution in [3.63, 3.8) is 0 Å². The molecule has 0 unspecified atom stereocenters. The van der Waals surface area contributed by atoms with Crippen LogP contribution in [0.3, 0.4) is 0 Å². The molecule has 7 heteroatoms. The first-order valence-electron chi connectivity index (χ1n) is 7.67. The second kappa shape index (κ2) is 7.02. The highest BCUT2D eigenvalue weighted by Gasteiger charge is 2.24. The van der Waals surface area contributed by atoms with Crippen molar-refractivity contribution in [3.05, 3.63) is 42.4 Å². The Morgan fingerprint density at radius 3 is 2.88 bits per heavy atom. The van der Waals surface area contributed by atoms with Crippen molar-refractivity contribution in [2.75, 3.05) is 39.2 Å². The van der Waals surface area contributed by atoms with E-state index in [0.29, 0.717) is 17.4 Å². The van der Waals surface area contributed by atoms with Gasteiger partial charge in [0.2, 0.25) is 0 Å². The molecule has 0 aliphatic heterocycles. The fourth-order valence-corrected chi connectivity index (χ4v) is 3.31. The van der Waals surface area contributed by atoms with Crippen molar-refractivity contribution < 1.29 is 18.8 Å². The number of benzene rings is 1. The van der Waals surface area contributed by atoms with Crippen LogP contribution in [0.5, 0.6) is 5.75 Å². The second-order valence-corrected chi connectivity index (χ2v) is 6.73. The Kier molecular flexibility index (Phi) is 4.82. The number of likely N-dealkylation sites (N-methyl/N-ethyl adjacent to an activating group) is 1. The number of carbonyl (C=O) groups is 1. The van der Waals surface area contributed by atoms with Crippen LogP contribution in [0, 0.1) is 0 Å². The number of aromatic nitrogens is 1. The Hall–Kier alpha value is -2.38. The van der Waals surface area contributed by atoms with Gasteiger partial charge in [0.1, 0.15) is 5.75 Å². The Balaban J connectivity index is 1.96. The lowest BCUT2D eigenvalue weighted by molar-refractivity contribution is -0.856. The van der Waals surface area contributed by atoms with Gasteiger partial charge >= 0.3 is 0 Å². The van der Waals surface area contributed by atoms with Crippen molar-refractivity contribution in [1.82, 2.24) is 4.98 Å². The summed E-state index contributed by atoms with van der Waals surface area (Å²) in [7, 11) is 5.74. The largest absolute Gasteiger partial charge is 0.497 e. The molecule has 1 amide bonds. The van der Waals surface area contributed by atoms with Crippen molar-refractivity contribution >= 4 is 32.6 Å². The fraction of sp³-hybridized carbons (Fsp3) is 0.294. The monoisotopic (exact) mass is 346 g/mol. The first-order valence-corrected chi connectivity index (χ1v) is 8.49. The molecule has 0 spiro atoms. The van der Waals surface area contributed by atoms with Crippen LogP contribution in [0.4, 0.5) is 5.13 Å². The molecular weight excluding hydrogens is 326 g/mol. The minimum Gasteiger partial charge on any atom is -0.497 e. The third-order valence-corrected chi connectivity index (χ3v) is 4.67. The highest BCUT2D eigenvalue weighted by molar-refractivity contribution is 7.22. The van der Waals surface area contributed by atoms with E-state index in [-0.39, 0.29) is 5.91 Å². The molecule has 1 N–H and O–H groups in total. The van der Waals surface area contributed by atoms with Gasteiger partial charge in [-0.25, -0.2) is 4.98 Å². The molecule has 1 aromatic carbocycles. The number of furan rings is 1. The number of anilines is 1. The number of thiazole rings is 1. The number of hydrogen-bond acceptors (Lipinski definition) is 5. The van der Waals surface area contributed by atoms with Gasteiger partial charge in [0.05, 0.1) is 50.8 Å². The summed E-state index contributed by atoms with van der Waals surface area (Å²) in [6.45, 7) is 1.38. The number of quaternary nitrogens is 1. The van der Waals surface area contributed by atoms with Gasteiger partial charge in [0, 0.05) is 0 Å². The van der Waals surface area contributed by atoms with Crippen molar-refractivity contribution in [2.45, 2.75) is 0 Å². The zero-order valence-corrected chi connectivity index (χ0v) is 14.7. The molecule has 0 radical (unpaired) electrons. The van der Waals surface area contributed by atoms with Gasteiger partial charge in [-0.1, -0.05) is 11.3 Å². The lowest BCUT2D eigenvalue weighted by Gasteiger charge is -2.19. The molecule has 0 atom stereocenters. The molecule has 0 bridgehead atoms. The molecule has 6 nitrogen and oxygen atoms in total. The van der Waals surface area contributed by atoms with Gasteiger partial charge < -0.3 is 14.1 Å². The van der Waals surface area contributed by atoms with Crippen molar-refractivity contribution in [1.29, 1.82) is 0 Å². The molecule has 0 saturated heterocycles. The minimum absolute atomic E-state index is 0.174. The maximum Gasteiger partial charge on any atom is 0.295 e. The van der Waals surface area contributed by atoms with Crippen LogP contribution in [0.15, 0.2) is 41.0 Å². The Labute approximate surface area is 144 Å². The third kappa shape index (κ3) is 3.42. The lowest BCUT2D eigenvalue weighted by Crippen LogP contribution is -3.06. The maximum absolute atomic E-state index is 12.8. The van der Waals surface area contributed by atoms with E-state index in [1.54, 1.807) is 24.1 Å². The Morgan fingerprint density at radius 1 is 1.38 bits per heavy atom.